The molecule has 1 fully saturated rings. The number of halogens is 1. The molecule has 2 unspecified atom stereocenters. The molecule has 1 aliphatic heterocycles. The molecule has 0 bridgehead atoms. The summed E-state index contributed by atoms with van der Waals surface area (Å²) in [5.41, 5.74) is 2.89. The monoisotopic (exact) mass is 338 g/mol. The van der Waals surface area contributed by atoms with Gasteiger partial charge < -0.3 is 10.2 Å². The highest BCUT2D eigenvalue weighted by Gasteiger charge is 2.27. The largest absolute Gasteiger partial charge is 0.365 e. The molecule has 1 aromatic rings. The molecule has 3 heteroatoms. The van der Waals surface area contributed by atoms with Gasteiger partial charge in [-0.2, -0.15) is 0 Å². The molecular formula is C17H27BrN2. The molecule has 0 amide bonds. The maximum atomic E-state index is 3.72. The van der Waals surface area contributed by atoms with Crippen molar-refractivity contribution in [3.8, 4) is 0 Å². The summed E-state index contributed by atoms with van der Waals surface area (Å²) >= 11 is 3.60. The number of hydrogen-bond donors (Lipinski definition) is 1. The first kappa shape index (κ1) is 15.8. The average Bonchev–Trinajstić information content (AvgIpc) is 2.47. The van der Waals surface area contributed by atoms with Gasteiger partial charge in [-0.05, 0) is 43.0 Å². The number of piperazine rings is 1. The van der Waals surface area contributed by atoms with E-state index >= 15 is 0 Å². The van der Waals surface area contributed by atoms with Crippen LogP contribution in [0.1, 0.15) is 45.6 Å². The van der Waals surface area contributed by atoms with E-state index in [1.54, 1.807) is 0 Å². The molecule has 0 aliphatic carbocycles. The van der Waals surface area contributed by atoms with Crippen LogP contribution in [0.4, 0.5) is 5.69 Å². The lowest BCUT2D eigenvalue weighted by Gasteiger charge is -2.42. The Morgan fingerprint density at radius 3 is 2.75 bits per heavy atom. The molecule has 1 heterocycles. The van der Waals surface area contributed by atoms with Crippen LogP contribution in [0.3, 0.4) is 0 Å². The molecule has 0 radical (unpaired) electrons. The van der Waals surface area contributed by atoms with Crippen LogP contribution in [0, 0.1) is 0 Å². The zero-order valence-corrected chi connectivity index (χ0v) is 14.5. The van der Waals surface area contributed by atoms with Gasteiger partial charge in [0.05, 0.1) is 0 Å². The maximum Gasteiger partial charge on any atom is 0.0412 e. The average molecular weight is 339 g/mol. The van der Waals surface area contributed by atoms with Crippen LogP contribution < -0.4 is 10.2 Å². The number of nitrogens with one attached hydrogen (secondary N) is 1. The van der Waals surface area contributed by atoms with Crippen LogP contribution in [0.25, 0.3) is 0 Å². The summed E-state index contributed by atoms with van der Waals surface area (Å²) < 4.78 is 1.19. The quantitative estimate of drug-likeness (QED) is 0.857. The Balaban J connectivity index is 2.26. The van der Waals surface area contributed by atoms with Crippen molar-refractivity contribution in [3.63, 3.8) is 0 Å². The van der Waals surface area contributed by atoms with Gasteiger partial charge in [0.15, 0.2) is 0 Å². The van der Waals surface area contributed by atoms with Crippen LogP contribution in [-0.4, -0.2) is 25.2 Å². The van der Waals surface area contributed by atoms with Gasteiger partial charge in [0, 0.05) is 35.3 Å². The lowest BCUT2D eigenvalue weighted by Crippen LogP contribution is -2.56. The minimum Gasteiger partial charge on any atom is -0.365 e. The number of benzene rings is 1. The van der Waals surface area contributed by atoms with Crippen LogP contribution in [-0.2, 0) is 6.42 Å². The number of aryl methyl sites for hydroxylation is 1. The van der Waals surface area contributed by atoms with Crippen molar-refractivity contribution in [3.05, 3.63) is 28.2 Å². The van der Waals surface area contributed by atoms with E-state index in [-0.39, 0.29) is 0 Å². The molecule has 2 atom stereocenters. The van der Waals surface area contributed by atoms with Gasteiger partial charge in [0.2, 0.25) is 0 Å². The summed E-state index contributed by atoms with van der Waals surface area (Å²) in [4.78, 5) is 2.64. The van der Waals surface area contributed by atoms with E-state index in [2.05, 4.69) is 65.1 Å². The summed E-state index contributed by atoms with van der Waals surface area (Å²) in [5.74, 6) is 0. The van der Waals surface area contributed by atoms with Crippen molar-refractivity contribution in [2.24, 2.45) is 0 Å². The van der Waals surface area contributed by atoms with Crippen LogP contribution in [0.2, 0.25) is 0 Å². The van der Waals surface area contributed by atoms with E-state index in [0.29, 0.717) is 12.1 Å². The van der Waals surface area contributed by atoms with Crippen molar-refractivity contribution in [2.75, 3.05) is 18.0 Å². The number of anilines is 1. The summed E-state index contributed by atoms with van der Waals surface area (Å²) in [5, 5.41) is 3.72. The standard InChI is InChI=1S/C17H27BrN2/c1-4-7-15-12-20(16(6-3)11-19-15)17-9-8-14(18)10-13(17)5-2/h8-10,15-16,19H,4-7,11-12H2,1-3H3. The van der Waals surface area contributed by atoms with E-state index in [9.17, 15) is 0 Å². The molecule has 1 N–H and O–H groups in total. The zero-order valence-electron chi connectivity index (χ0n) is 13.0. The molecule has 1 aromatic carbocycles. The van der Waals surface area contributed by atoms with Crippen molar-refractivity contribution in [1.82, 2.24) is 5.32 Å². The molecule has 2 rings (SSSR count). The second kappa shape index (κ2) is 7.46. The van der Waals surface area contributed by atoms with Gasteiger partial charge in [0.25, 0.3) is 0 Å². The van der Waals surface area contributed by atoms with Gasteiger partial charge in [-0.3, -0.25) is 0 Å². The van der Waals surface area contributed by atoms with Crippen LogP contribution in [0.15, 0.2) is 22.7 Å². The number of nitrogens with zero attached hydrogens (tertiary/aromatic N) is 1. The van der Waals surface area contributed by atoms with E-state index < -0.39 is 0 Å². The Morgan fingerprint density at radius 2 is 2.10 bits per heavy atom. The fourth-order valence-corrected chi connectivity index (χ4v) is 3.59. The fourth-order valence-electron chi connectivity index (χ4n) is 3.18. The topological polar surface area (TPSA) is 15.3 Å². The first-order valence-corrected chi connectivity index (χ1v) is 8.77. The van der Waals surface area contributed by atoms with Gasteiger partial charge in [-0.25, -0.2) is 0 Å². The zero-order chi connectivity index (χ0) is 14.5. The Bertz CT molecular complexity index is 433. The molecule has 1 aliphatic rings. The van der Waals surface area contributed by atoms with Crippen LogP contribution >= 0.6 is 15.9 Å². The first-order chi connectivity index (χ1) is 9.69. The summed E-state index contributed by atoms with van der Waals surface area (Å²) in [6, 6.07) is 8.00. The van der Waals surface area contributed by atoms with E-state index in [4.69, 9.17) is 0 Å². The Labute approximate surface area is 132 Å². The van der Waals surface area contributed by atoms with Crippen molar-refractivity contribution in [2.45, 2.75) is 58.5 Å². The summed E-state index contributed by atoms with van der Waals surface area (Å²) in [6.45, 7) is 9.07. The second-order valence-electron chi connectivity index (χ2n) is 5.73. The highest BCUT2D eigenvalue weighted by atomic mass is 79.9. The summed E-state index contributed by atoms with van der Waals surface area (Å²) in [6.07, 6.45) is 4.81. The molecule has 20 heavy (non-hydrogen) atoms. The number of hydrogen-bond acceptors (Lipinski definition) is 2. The smallest absolute Gasteiger partial charge is 0.0412 e. The predicted octanol–water partition coefficient (Wildman–Crippen LogP) is 4.37. The third-order valence-electron chi connectivity index (χ3n) is 4.34. The molecule has 0 saturated carbocycles. The third kappa shape index (κ3) is 3.56. The Morgan fingerprint density at radius 1 is 1.30 bits per heavy atom. The minimum atomic E-state index is 0.620. The lowest BCUT2D eigenvalue weighted by atomic mass is 10.0. The van der Waals surface area contributed by atoms with Crippen LogP contribution in [0.5, 0.6) is 0 Å². The molecule has 0 spiro atoms. The number of rotatable bonds is 5. The third-order valence-corrected chi connectivity index (χ3v) is 4.83. The lowest BCUT2D eigenvalue weighted by molar-refractivity contribution is 0.369. The molecule has 0 aromatic heterocycles. The van der Waals surface area contributed by atoms with Gasteiger partial charge in [0.1, 0.15) is 0 Å². The van der Waals surface area contributed by atoms with Crippen molar-refractivity contribution >= 4 is 21.6 Å². The molecule has 1 saturated heterocycles. The molecule has 112 valence electrons. The second-order valence-corrected chi connectivity index (χ2v) is 6.65. The highest BCUT2D eigenvalue weighted by molar-refractivity contribution is 9.10. The van der Waals surface area contributed by atoms with Crippen molar-refractivity contribution in [1.29, 1.82) is 0 Å². The molecular weight excluding hydrogens is 312 g/mol. The van der Waals surface area contributed by atoms with Crippen molar-refractivity contribution < 1.29 is 0 Å². The normalized spacial score (nSPS) is 23.1. The van der Waals surface area contributed by atoms with E-state index in [0.717, 1.165) is 19.5 Å². The SMILES string of the molecule is CCCC1CN(c2ccc(Br)cc2CC)C(CC)CN1. The fraction of sp³-hybridized carbons (Fsp3) is 0.647. The highest BCUT2D eigenvalue weighted by Crippen LogP contribution is 2.29. The van der Waals surface area contributed by atoms with Gasteiger partial charge >= 0.3 is 0 Å². The van der Waals surface area contributed by atoms with E-state index in [1.807, 2.05) is 0 Å². The first-order valence-electron chi connectivity index (χ1n) is 7.98. The van der Waals surface area contributed by atoms with Gasteiger partial charge in [-0.1, -0.05) is 43.1 Å². The maximum absolute atomic E-state index is 3.72. The Hall–Kier alpha value is -0.540. The van der Waals surface area contributed by atoms with E-state index in [1.165, 1.54) is 35.0 Å². The Kier molecular flexibility index (Phi) is 5.91. The molecule has 2 nitrogen and oxygen atoms in total. The van der Waals surface area contributed by atoms with Gasteiger partial charge in [-0.15, -0.1) is 0 Å². The predicted molar refractivity (Wildman–Crippen MR) is 91.6 cm³/mol. The summed E-state index contributed by atoms with van der Waals surface area (Å²) in [7, 11) is 0. The minimum absolute atomic E-state index is 0.620.